The lowest BCUT2D eigenvalue weighted by atomic mass is 10.2. The summed E-state index contributed by atoms with van der Waals surface area (Å²) in [6.45, 7) is 3.09. The fourth-order valence-electron chi connectivity index (χ4n) is 5.07. The van der Waals surface area contributed by atoms with Crippen LogP contribution in [0.25, 0.3) is 10.9 Å². The zero-order valence-electron chi connectivity index (χ0n) is 18.3. The molecule has 3 unspecified atom stereocenters. The van der Waals surface area contributed by atoms with Crippen molar-refractivity contribution in [3.8, 4) is 5.75 Å². The number of hydrogen-bond acceptors (Lipinski definition) is 6. The Morgan fingerprint density at radius 2 is 1.78 bits per heavy atom. The summed E-state index contributed by atoms with van der Waals surface area (Å²) in [6.07, 6.45) is 0.779. The molecule has 2 saturated heterocycles. The summed E-state index contributed by atoms with van der Waals surface area (Å²) < 4.78 is 34.8. The van der Waals surface area contributed by atoms with Crippen LogP contribution in [0.15, 0.2) is 58.2 Å². The Balaban J connectivity index is 1.39. The van der Waals surface area contributed by atoms with E-state index >= 15 is 0 Å². The van der Waals surface area contributed by atoms with Gasteiger partial charge in [-0.05, 0) is 49.7 Å². The van der Waals surface area contributed by atoms with E-state index < -0.39 is 10.0 Å². The van der Waals surface area contributed by atoms with Crippen LogP contribution in [-0.4, -0.2) is 59.5 Å². The number of nitrogens with zero attached hydrogens (tertiary/aromatic N) is 4. The summed E-state index contributed by atoms with van der Waals surface area (Å²) >= 11 is 0. The summed E-state index contributed by atoms with van der Waals surface area (Å²) in [7, 11) is -0.265. The SMILES string of the molecule is COc1ccc(S(=O)(=O)N2CC3CC2CN3C(C)c2nc3ccccc3c(=O)n2C)cc1. The Labute approximate surface area is 187 Å². The molecule has 2 fully saturated rings. The molecule has 0 spiro atoms. The van der Waals surface area contributed by atoms with Crippen molar-refractivity contribution < 1.29 is 13.2 Å². The minimum absolute atomic E-state index is 0.0643. The zero-order chi connectivity index (χ0) is 22.6. The van der Waals surface area contributed by atoms with E-state index in [1.807, 2.05) is 25.1 Å². The van der Waals surface area contributed by atoms with Gasteiger partial charge in [0.05, 0.1) is 29.0 Å². The van der Waals surface area contributed by atoms with Gasteiger partial charge in [-0.1, -0.05) is 12.1 Å². The summed E-state index contributed by atoms with van der Waals surface area (Å²) in [5.74, 6) is 1.33. The molecule has 9 heteroatoms. The predicted molar refractivity (Wildman–Crippen MR) is 121 cm³/mol. The van der Waals surface area contributed by atoms with Crippen LogP contribution in [0.1, 0.15) is 25.2 Å². The van der Waals surface area contributed by atoms with Gasteiger partial charge in [0.2, 0.25) is 10.0 Å². The first-order valence-corrected chi connectivity index (χ1v) is 12.1. The van der Waals surface area contributed by atoms with Crippen LogP contribution in [0.2, 0.25) is 0 Å². The van der Waals surface area contributed by atoms with E-state index in [0.717, 1.165) is 6.42 Å². The monoisotopic (exact) mass is 454 g/mol. The lowest BCUT2D eigenvalue weighted by Gasteiger charge is -2.37. The van der Waals surface area contributed by atoms with Gasteiger partial charge < -0.3 is 4.74 Å². The first-order valence-electron chi connectivity index (χ1n) is 10.7. The van der Waals surface area contributed by atoms with Gasteiger partial charge in [-0.3, -0.25) is 14.3 Å². The number of methoxy groups -OCH3 is 1. The van der Waals surface area contributed by atoms with Gasteiger partial charge in [-0.2, -0.15) is 4.31 Å². The van der Waals surface area contributed by atoms with Crippen molar-refractivity contribution in [1.29, 1.82) is 0 Å². The molecule has 168 valence electrons. The van der Waals surface area contributed by atoms with Gasteiger partial charge in [0, 0.05) is 32.2 Å². The number of ether oxygens (including phenoxy) is 1. The van der Waals surface area contributed by atoms with Crippen LogP contribution in [0, 0.1) is 0 Å². The molecular weight excluding hydrogens is 428 g/mol. The standard InChI is InChI=1S/C23H26N4O4S/c1-15(22-24-21-7-5-4-6-20(21)23(28)25(22)2)26-13-17-12-16(26)14-27(17)32(29,30)19-10-8-18(31-3)9-11-19/h4-11,15-17H,12-14H2,1-3H3. The van der Waals surface area contributed by atoms with Crippen LogP contribution in [0.4, 0.5) is 0 Å². The lowest BCUT2D eigenvalue weighted by Crippen LogP contribution is -2.49. The fourth-order valence-corrected chi connectivity index (χ4v) is 6.73. The van der Waals surface area contributed by atoms with Crippen molar-refractivity contribution in [1.82, 2.24) is 18.8 Å². The molecule has 8 nitrogen and oxygen atoms in total. The largest absolute Gasteiger partial charge is 0.497 e. The molecule has 32 heavy (non-hydrogen) atoms. The fraction of sp³-hybridized carbons (Fsp3) is 0.391. The molecule has 3 heterocycles. The van der Waals surface area contributed by atoms with Crippen LogP contribution in [0.3, 0.4) is 0 Å². The topological polar surface area (TPSA) is 84.7 Å². The van der Waals surface area contributed by atoms with Crippen LogP contribution < -0.4 is 10.3 Å². The maximum Gasteiger partial charge on any atom is 0.261 e. The van der Waals surface area contributed by atoms with E-state index in [1.54, 1.807) is 53.4 Å². The number of aromatic nitrogens is 2. The molecule has 2 bridgehead atoms. The van der Waals surface area contributed by atoms with E-state index in [4.69, 9.17) is 9.72 Å². The summed E-state index contributed by atoms with van der Waals surface area (Å²) in [4.78, 5) is 20.2. The van der Waals surface area contributed by atoms with E-state index in [2.05, 4.69) is 4.90 Å². The molecule has 1 aromatic heterocycles. The number of benzene rings is 2. The molecule has 5 rings (SSSR count). The van der Waals surface area contributed by atoms with E-state index in [1.165, 1.54) is 0 Å². The quantitative estimate of drug-likeness (QED) is 0.587. The highest BCUT2D eigenvalue weighted by Gasteiger charge is 2.50. The molecule has 2 aliphatic heterocycles. The second-order valence-corrected chi connectivity index (χ2v) is 10.4. The molecular formula is C23H26N4O4S. The third kappa shape index (κ3) is 3.23. The minimum Gasteiger partial charge on any atom is -0.497 e. The Hall–Kier alpha value is -2.75. The van der Waals surface area contributed by atoms with Gasteiger partial charge in [-0.25, -0.2) is 13.4 Å². The maximum absolute atomic E-state index is 13.2. The number of hydrogen-bond donors (Lipinski definition) is 0. The smallest absolute Gasteiger partial charge is 0.261 e. The van der Waals surface area contributed by atoms with Gasteiger partial charge in [0.25, 0.3) is 5.56 Å². The van der Waals surface area contributed by atoms with E-state index in [9.17, 15) is 13.2 Å². The van der Waals surface area contributed by atoms with E-state index in [0.29, 0.717) is 35.6 Å². The van der Waals surface area contributed by atoms with Crippen molar-refractivity contribution in [2.24, 2.45) is 7.05 Å². The second-order valence-electron chi connectivity index (χ2n) is 8.52. The molecule has 2 aromatic carbocycles. The Morgan fingerprint density at radius 1 is 1.06 bits per heavy atom. The lowest BCUT2D eigenvalue weighted by molar-refractivity contribution is 0.131. The van der Waals surface area contributed by atoms with Crippen LogP contribution in [0.5, 0.6) is 5.75 Å². The van der Waals surface area contributed by atoms with E-state index in [-0.39, 0.29) is 28.6 Å². The van der Waals surface area contributed by atoms with Crippen LogP contribution in [-0.2, 0) is 17.1 Å². The predicted octanol–water partition coefficient (Wildman–Crippen LogP) is 2.15. The molecule has 3 aromatic rings. The number of likely N-dealkylation sites (tertiary alicyclic amines) is 1. The summed E-state index contributed by atoms with van der Waals surface area (Å²) in [5, 5.41) is 0.602. The molecule has 0 N–H and O–H groups in total. The van der Waals surface area contributed by atoms with Gasteiger partial charge in [-0.15, -0.1) is 0 Å². The molecule has 0 aliphatic carbocycles. The Bertz CT molecular complexity index is 1340. The number of sulfonamides is 1. The molecule has 0 radical (unpaired) electrons. The molecule has 2 aliphatic rings. The van der Waals surface area contributed by atoms with Gasteiger partial charge >= 0.3 is 0 Å². The maximum atomic E-state index is 13.2. The van der Waals surface area contributed by atoms with Crippen LogP contribution >= 0.6 is 0 Å². The second kappa shape index (κ2) is 7.68. The highest BCUT2D eigenvalue weighted by Crippen LogP contribution is 2.39. The average molecular weight is 455 g/mol. The third-order valence-electron chi connectivity index (χ3n) is 6.79. The number of para-hydroxylation sites is 1. The van der Waals surface area contributed by atoms with Gasteiger partial charge in [0.15, 0.2) is 0 Å². The highest BCUT2D eigenvalue weighted by molar-refractivity contribution is 7.89. The zero-order valence-corrected chi connectivity index (χ0v) is 19.1. The minimum atomic E-state index is -3.57. The van der Waals surface area contributed by atoms with Crippen molar-refractivity contribution >= 4 is 20.9 Å². The number of fused-ring (bicyclic) bond motifs is 3. The highest BCUT2D eigenvalue weighted by atomic mass is 32.2. The third-order valence-corrected chi connectivity index (χ3v) is 8.72. The summed E-state index contributed by atoms with van der Waals surface area (Å²) in [6, 6.07) is 13.8. The Kier molecular flexibility index (Phi) is 5.07. The first kappa shape index (κ1) is 21.1. The Morgan fingerprint density at radius 3 is 2.44 bits per heavy atom. The van der Waals surface area contributed by atoms with Crippen molar-refractivity contribution in [2.45, 2.75) is 36.4 Å². The molecule has 3 atom stereocenters. The number of piperazine rings is 1. The van der Waals surface area contributed by atoms with Gasteiger partial charge in [0.1, 0.15) is 11.6 Å². The van der Waals surface area contributed by atoms with Crippen molar-refractivity contribution in [3.05, 3.63) is 64.7 Å². The van der Waals surface area contributed by atoms with Crippen molar-refractivity contribution in [3.63, 3.8) is 0 Å². The summed E-state index contributed by atoms with van der Waals surface area (Å²) in [5.41, 5.74) is 0.621. The molecule has 0 saturated carbocycles. The average Bonchev–Trinajstić information content (AvgIpc) is 3.43. The molecule has 0 amide bonds. The first-order chi connectivity index (χ1) is 15.3. The normalized spacial score (nSPS) is 22.5. The number of rotatable bonds is 5. The van der Waals surface area contributed by atoms with Crippen molar-refractivity contribution in [2.75, 3.05) is 20.2 Å².